The highest BCUT2D eigenvalue weighted by molar-refractivity contribution is 7.46. The monoisotopic (exact) mass is 511 g/mol. The van der Waals surface area contributed by atoms with E-state index < -0.39 is 13.2 Å². The van der Waals surface area contributed by atoms with Crippen molar-refractivity contribution in [1.29, 1.82) is 0 Å². The maximum atomic E-state index is 13.4. The van der Waals surface area contributed by atoms with Crippen molar-refractivity contribution in [2.24, 2.45) is 0 Å². The Hall–Kier alpha value is -2.83. The third-order valence-electron chi connectivity index (χ3n) is 7.12. The van der Waals surface area contributed by atoms with E-state index in [1.807, 2.05) is 66.4 Å². The highest BCUT2D eigenvalue weighted by Gasteiger charge is 2.41. The predicted molar refractivity (Wildman–Crippen MR) is 137 cm³/mol. The van der Waals surface area contributed by atoms with Crippen LogP contribution in [0, 0.1) is 5.82 Å². The molecular formula is C28H31FNO5P. The minimum absolute atomic E-state index is 0.0520. The van der Waals surface area contributed by atoms with E-state index in [0.717, 1.165) is 28.7 Å². The second-order valence-electron chi connectivity index (χ2n) is 9.39. The summed E-state index contributed by atoms with van der Waals surface area (Å²) in [6.45, 7) is 2.54. The van der Waals surface area contributed by atoms with E-state index >= 15 is 0 Å². The van der Waals surface area contributed by atoms with Crippen LogP contribution >= 0.6 is 7.82 Å². The summed E-state index contributed by atoms with van der Waals surface area (Å²) >= 11 is 0. The first-order valence-corrected chi connectivity index (χ1v) is 13.6. The van der Waals surface area contributed by atoms with Crippen molar-refractivity contribution < 1.29 is 28.1 Å². The molecule has 2 atom stereocenters. The van der Waals surface area contributed by atoms with Gasteiger partial charge < -0.3 is 14.7 Å². The summed E-state index contributed by atoms with van der Waals surface area (Å²) in [7, 11) is -4.52. The normalized spacial score (nSPS) is 19.3. The fourth-order valence-corrected chi connectivity index (χ4v) is 5.48. The van der Waals surface area contributed by atoms with Gasteiger partial charge in [0.25, 0.3) is 0 Å². The number of amides is 1. The van der Waals surface area contributed by atoms with Crippen molar-refractivity contribution in [2.45, 2.75) is 44.1 Å². The number of carbonyl (C=O) groups is 1. The lowest BCUT2D eigenvalue weighted by Gasteiger charge is -2.44. The van der Waals surface area contributed by atoms with Gasteiger partial charge >= 0.3 is 7.82 Å². The highest BCUT2D eigenvalue weighted by atomic mass is 31.2. The van der Waals surface area contributed by atoms with Gasteiger partial charge in [0, 0.05) is 18.4 Å². The number of rotatable bonds is 9. The summed E-state index contributed by atoms with van der Waals surface area (Å²) in [5.41, 5.74) is 3.60. The zero-order valence-electron chi connectivity index (χ0n) is 20.2. The van der Waals surface area contributed by atoms with Gasteiger partial charge in [-0.1, -0.05) is 66.7 Å². The largest absolute Gasteiger partial charge is 0.469 e. The zero-order valence-corrected chi connectivity index (χ0v) is 21.1. The van der Waals surface area contributed by atoms with Gasteiger partial charge in [0.2, 0.25) is 5.91 Å². The van der Waals surface area contributed by atoms with Crippen LogP contribution in [-0.2, 0) is 19.3 Å². The number of carbonyl (C=O) groups excluding carboxylic acids is 1. The Morgan fingerprint density at radius 1 is 1.00 bits per heavy atom. The minimum atomic E-state index is -4.52. The van der Waals surface area contributed by atoms with Gasteiger partial charge in [0.15, 0.2) is 0 Å². The van der Waals surface area contributed by atoms with Crippen LogP contribution in [-0.4, -0.2) is 33.7 Å². The van der Waals surface area contributed by atoms with Crippen molar-refractivity contribution in [3.8, 4) is 11.1 Å². The molecule has 1 unspecified atom stereocenters. The number of nitrogens with zero attached hydrogens (tertiary/aromatic N) is 1. The molecule has 0 spiro atoms. The van der Waals surface area contributed by atoms with E-state index in [1.165, 1.54) is 12.1 Å². The van der Waals surface area contributed by atoms with E-state index in [0.29, 0.717) is 25.8 Å². The van der Waals surface area contributed by atoms with E-state index in [9.17, 15) is 13.8 Å². The second kappa shape index (κ2) is 11.1. The van der Waals surface area contributed by atoms with Gasteiger partial charge in [0.1, 0.15) is 5.82 Å². The second-order valence-corrected chi connectivity index (χ2v) is 10.6. The molecule has 0 saturated carbocycles. The lowest BCUT2D eigenvalue weighted by atomic mass is 9.69. The van der Waals surface area contributed by atoms with Crippen LogP contribution in [0.2, 0.25) is 0 Å². The molecule has 0 bridgehead atoms. The Balaban J connectivity index is 1.47. The fraction of sp³-hybridized carbons (Fsp3) is 0.321. The molecule has 3 aromatic carbocycles. The number of hydrogen-bond donors (Lipinski definition) is 2. The number of likely N-dealkylation sites (tertiary alicyclic amines) is 1. The molecule has 1 aliphatic heterocycles. The Bertz CT molecular complexity index is 1210. The van der Waals surface area contributed by atoms with Crippen molar-refractivity contribution in [2.75, 3.05) is 13.2 Å². The summed E-state index contributed by atoms with van der Waals surface area (Å²) < 4.78 is 28.9. The third-order valence-corrected chi connectivity index (χ3v) is 7.64. The molecule has 1 aliphatic rings. The average Bonchev–Trinajstić information content (AvgIpc) is 2.87. The van der Waals surface area contributed by atoms with Crippen LogP contribution in [0.4, 0.5) is 4.39 Å². The summed E-state index contributed by atoms with van der Waals surface area (Å²) in [5, 5.41) is 0. The molecule has 8 heteroatoms. The molecule has 1 saturated heterocycles. The van der Waals surface area contributed by atoms with Crippen LogP contribution in [0.5, 0.6) is 0 Å². The molecule has 2 N–H and O–H groups in total. The topological polar surface area (TPSA) is 87.1 Å². The van der Waals surface area contributed by atoms with Crippen LogP contribution in [0.1, 0.15) is 49.8 Å². The quantitative estimate of drug-likeness (QED) is 0.272. The fourth-order valence-electron chi connectivity index (χ4n) is 5.11. The maximum absolute atomic E-state index is 13.4. The smallest absolute Gasteiger partial charge is 0.336 e. The number of phosphoric ester groups is 1. The molecule has 1 fully saturated rings. The standard InChI is InChI=1S/C28H31FNO5P/c1-21(22-8-10-23(11-9-22)24-12-14-26(29)15-13-24)30-18-17-28(20-27(30)31,25-6-3-2-4-7-25)16-5-19-35-36(32,33)34/h2-4,6-15,21H,5,16-20H2,1H3,(H2,32,33,34)/t21-,28?/m0/s1. The van der Waals surface area contributed by atoms with Gasteiger partial charge in [-0.2, -0.15) is 0 Å². The molecular weight excluding hydrogens is 480 g/mol. The SMILES string of the molecule is C[C@@H](c1ccc(-c2ccc(F)cc2)cc1)N1CCC(CCCOP(=O)(O)O)(c2ccccc2)CC1=O. The van der Waals surface area contributed by atoms with E-state index in [2.05, 4.69) is 4.52 Å². The molecule has 190 valence electrons. The van der Waals surface area contributed by atoms with Crippen LogP contribution < -0.4 is 0 Å². The van der Waals surface area contributed by atoms with Crippen molar-refractivity contribution in [3.05, 3.63) is 95.8 Å². The van der Waals surface area contributed by atoms with Gasteiger partial charge in [0.05, 0.1) is 12.6 Å². The molecule has 3 aromatic rings. The van der Waals surface area contributed by atoms with Gasteiger partial charge in [-0.25, -0.2) is 8.96 Å². The van der Waals surface area contributed by atoms with E-state index in [4.69, 9.17) is 9.79 Å². The molecule has 6 nitrogen and oxygen atoms in total. The molecule has 0 aliphatic carbocycles. The van der Waals surface area contributed by atoms with Crippen LogP contribution in [0.25, 0.3) is 11.1 Å². The molecule has 1 amide bonds. The zero-order chi connectivity index (χ0) is 25.8. The number of phosphoric acid groups is 1. The molecule has 0 radical (unpaired) electrons. The van der Waals surface area contributed by atoms with Crippen LogP contribution in [0.3, 0.4) is 0 Å². The van der Waals surface area contributed by atoms with E-state index in [1.54, 1.807) is 12.1 Å². The highest BCUT2D eigenvalue weighted by Crippen LogP contribution is 2.43. The Morgan fingerprint density at radius 3 is 2.19 bits per heavy atom. The lowest BCUT2D eigenvalue weighted by Crippen LogP contribution is -2.47. The maximum Gasteiger partial charge on any atom is 0.469 e. The third kappa shape index (κ3) is 6.29. The minimum Gasteiger partial charge on any atom is -0.336 e. The predicted octanol–water partition coefficient (Wildman–Crippen LogP) is 6.00. The molecule has 0 aromatic heterocycles. The summed E-state index contributed by atoms with van der Waals surface area (Å²) in [4.78, 5) is 33.3. The first-order valence-electron chi connectivity index (χ1n) is 12.1. The van der Waals surface area contributed by atoms with Gasteiger partial charge in [-0.15, -0.1) is 0 Å². The number of piperidine rings is 1. The average molecular weight is 512 g/mol. The first kappa shape index (κ1) is 26.2. The first-order chi connectivity index (χ1) is 17.2. The van der Waals surface area contributed by atoms with Gasteiger partial charge in [-0.3, -0.25) is 9.32 Å². The van der Waals surface area contributed by atoms with E-state index in [-0.39, 0.29) is 24.4 Å². The van der Waals surface area contributed by atoms with Crippen molar-refractivity contribution in [1.82, 2.24) is 4.90 Å². The summed E-state index contributed by atoms with van der Waals surface area (Å²) in [6, 6.07) is 24.1. The molecule has 36 heavy (non-hydrogen) atoms. The number of halogens is 1. The Morgan fingerprint density at radius 2 is 1.61 bits per heavy atom. The number of benzene rings is 3. The molecule has 4 rings (SSSR count). The Kier molecular flexibility index (Phi) is 8.06. The van der Waals surface area contributed by atoms with Crippen LogP contribution in [0.15, 0.2) is 78.9 Å². The van der Waals surface area contributed by atoms with Crippen molar-refractivity contribution >= 4 is 13.7 Å². The molecule has 1 heterocycles. The van der Waals surface area contributed by atoms with Gasteiger partial charge in [-0.05, 0) is 60.6 Å². The lowest BCUT2D eigenvalue weighted by molar-refractivity contribution is -0.138. The number of hydrogen-bond acceptors (Lipinski definition) is 3. The van der Waals surface area contributed by atoms with Crippen molar-refractivity contribution in [3.63, 3.8) is 0 Å². The summed E-state index contributed by atoms with van der Waals surface area (Å²) in [5.74, 6) is -0.218. The Labute approximate surface area is 211 Å². The summed E-state index contributed by atoms with van der Waals surface area (Å²) in [6.07, 6.45) is 2.10.